The minimum Gasteiger partial charge on any atom is -0.285 e. The van der Waals surface area contributed by atoms with Crippen molar-refractivity contribution >= 4 is 33.3 Å². The molecule has 0 radical (unpaired) electrons. The van der Waals surface area contributed by atoms with Gasteiger partial charge in [0.15, 0.2) is 0 Å². The van der Waals surface area contributed by atoms with Crippen molar-refractivity contribution in [3.63, 3.8) is 0 Å². The number of hydrogen-bond donors (Lipinski definition) is 1. The van der Waals surface area contributed by atoms with Crippen LogP contribution >= 0.6 is 23.2 Å². The van der Waals surface area contributed by atoms with Crippen molar-refractivity contribution in [2.75, 3.05) is 0 Å². The molecule has 6 heteroatoms. The highest BCUT2D eigenvalue weighted by atomic mass is 35.5. The molecule has 0 heterocycles. The van der Waals surface area contributed by atoms with Crippen LogP contribution in [0.15, 0.2) is 18.2 Å². The maximum Gasteiger partial charge on any atom is 0.269 e. The Bertz CT molecular complexity index is 393. The first-order valence-corrected chi connectivity index (χ1v) is 5.63. The fraction of sp³-hybridized carbons (Fsp3) is 0.143. The van der Waals surface area contributed by atoms with Crippen LogP contribution in [0.2, 0.25) is 10.0 Å². The van der Waals surface area contributed by atoms with Crippen LogP contribution in [0.25, 0.3) is 0 Å². The second-order valence-electron chi connectivity index (χ2n) is 2.50. The summed E-state index contributed by atoms with van der Waals surface area (Å²) in [4.78, 5) is 0. The van der Waals surface area contributed by atoms with Crippen molar-refractivity contribution in [2.45, 2.75) is 5.75 Å². The predicted molar refractivity (Wildman–Crippen MR) is 51.7 cm³/mol. The van der Waals surface area contributed by atoms with Crippen molar-refractivity contribution in [3.8, 4) is 0 Å². The maximum atomic E-state index is 10.5. The zero-order chi connectivity index (χ0) is 10.1. The third kappa shape index (κ3) is 3.95. The molecule has 1 aromatic carbocycles. The molecule has 3 nitrogen and oxygen atoms in total. The second-order valence-corrected chi connectivity index (χ2v) is 4.83. The monoisotopic (exact) mass is 240 g/mol. The van der Waals surface area contributed by atoms with Crippen LogP contribution in [-0.4, -0.2) is 13.0 Å². The van der Waals surface area contributed by atoms with Crippen LogP contribution in [0.3, 0.4) is 0 Å². The Morgan fingerprint density at radius 3 is 2.00 bits per heavy atom. The molecule has 13 heavy (non-hydrogen) atoms. The fourth-order valence-electron chi connectivity index (χ4n) is 0.905. The molecule has 1 aromatic rings. The molecule has 72 valence electrons. The summed E-state index contributed by atoms with van der Waals surface area (Å²) in [5.74, 6) is -0.479. The smallest absolute Gasteiger partial charge is 0.269 e. The molecule has 0 aromatic heterocycles. The molecule has 0 aliphatic rings. The van der Waals surface area contributed by atoms with Gasteiger partial charge in [-0.05, 0) is 23.8 Å². The summed E-state index contributed by atoms with van der Waals surface area (Å²) in [6, 6.07) is 4.35. The van der Waals surface area contributed by atoms with Gasteiger partial charge in [0.05, 0.1) is 0 Å². The third-order valence-corrected chi connectivity index (χ3v) is 2.41. The summed E-state index contributed by atoms with van der Waals surface area (Å²) in [7, 11) is -4.03. The standard InChI is InChI=1S/C7H6Cl2O3S/c8-6-1-5(2-7(9)3-6)4-13(10,11)12/h1-3H,4H2,(H,10,11,12). The lowest BCUT2D eigenvalue weighted by atomic mass is 10.2. The van der Waals surface area contributed by atoms with Gasteiger partial charge >= 0.3 is 0 Å². The van der Waals surface area contributed by atoms with Crippen LogP contribution in [0.1, 0.15) is 5.56 Å². The highest BCUT2D eigenvalue weighted by molar-refractivity contribution is 7.85. The molecule has 0 aliphatic carbocycles. The summed E-state index contributed by atoms with van der Waals surface area (Å²) >= 11 is 11.2. The van der Waals surface area contributed by atoms with E-state index in [1.54, 1.807) is 0 Å². The Morgan fingerprint density at radius 2 is 1.62 bits per heavy atom. The molecule has 0 fully saturated rings. The van der Waals surface area contributed by atoms with Crippen LogP contribution in [0.5, 0.6) is 0 Å². The summed E-state index contributed by atoms with van der Waals surface area (Å²) in [5, 5.41) is 0.678. The second kappa shape index (κ2) is 3.84. The van der Waals surface area contributed by atoms with Crippen LogP contribution < -0.4 is 0 Å². The topological polar surface area (TPSA) is 54.4 Å². The minimum atomic E-state index is -4.03. The van der Waals surface area contributed by atoms with E-state index in [2.05, 4.69) is 0 Å². The lowest BCUT2D eigenvalue weighted by Crippen LogP contribution is -2.01. The number of hydrogen-bond acceptors (Lipinski definition) is 2. The predicted octanol–water partition coefficient (Wildman–Crippen LogP) is 2.38. The number of halogens is 2. The Hall–Kier alpha value is -0.290. The van der Waals surface area contributed by atoms with Gasteiger partial charge in [-0.15, -0.1) is 0 Å². The fourth-order valence-corrected chi connectivity index (χ4v) is 2.06. The first kappa shape index (κ1) is 10.8. The summed E-state index contributed by atoms with van der Waals surface area (Å²) in [6.07, 6.45) is 0. The molecular formula is C7H6Cl2O3S. The van der Waals surface area contributed by atoms with Crippen molar-refractivity contribution in [2.24, 2.45) is 0 Å². The van der Waals surface area contributed by atoms with E-state index in [0.717, 1.165) is 0 Å². The normalized spacial score (nSPS) is 11.6. The van der Waals surface area contributed by atoms with Crippen molar-refractivity contribution in [1.82, 2.24) is 0 Å². The average Bonchev–Trinajstić information content (AvgIpc) is 1.78. The van der Waals surface area contributed by atoms with Gasteiger partial charge in [-0.3, -0.25) is 4.55 Å². The van der Waals surface area contributed by atoms with Crippen LogP contribution in [-0.2, 0) is 15.9 Å². The molecule has 0 spiro atoms. The van der Waals surface area contributed by atoms with Gasteiger partial charge in [0, 0.05) is 10.0 Å². The number of rotatable bonds is 2. The minimum absolute atomic E-state index is 0.339. The van der Waals surface area contributed by atoms with Gasteiger partial charge in [0.2, 0.25) is 0 Å². The van der Waals surface area contributed by atoms with Crippen molar-refractivity contribution in [3.05, 3.63) is 33.8 Å². The largest absolute Gasteiger partial charge is 0.285 e. The molecule has 0 bridgehead atoms. The van der Waals surface area contributed by atoms with Gasteiger partial charge in [0.25, 0.3) is 10.1 Å². The quantitative estimate of drug-likeness (QED) is 0.808. The maximum absolute atomic E-state index is 10.5. The van der Waals surface area contributed by atoms with Gasteiger partial charge in [-0.2, -0.15) is 8.42 Å². The molecule has 0 unspecified atom stereocenters. The van der Waals surface area contributed by atoms with Gasteiger partial charge in [-0.25, -0.2) is 0 Å². The average molecular weight is 241 g/mol. The molecule has 0 saturated heterocycles. The van der Waals surface area contributed by atoms with Gasteiger partial charge in [0.1, 0.15) is 5.75 Å². The lowest BCUT2D eigenvalue weighted by molar-refractivity contribution is 0.482. The summed E-state index contributed by atoms with van der Waals surface area (Å²) in [6.45, 7) is 0. The van der Waals surface area contributed by atoms with Gasteiger partial charge in [-0.1, -0.05) is 23.2 Å². The van der Waals surface area contributed by atoms with E-state index in [9.17, 15) is 8.42 Å². The zero-order valence-electron chi connectivity index (χ0n) is 6.37. The molecule has 1 rings (SSSR count). The zero-order valence-corrected chi connectivity index (χ0v) is 8.70. The Kier molecular flexibility index (Phi) is 3.18. The summed E-state index contributed by atoms with van der Waals surface area (Å²) in [5.41, 5.74) is 0.361. The lowest BCUT2D eigenvalue weighted by Gasteiger charge is -2.00. The first-order chi connectivity index (χ1) is 5.87. The van der Waals surface area contributed by atoms with Crippen LogP contribution in [0, 0.1) is 0 Å². The van der Waals surface area contributed by atoms with E-state index in [0.29, 0.717) is 15.6 Å². The highest BCUT2D eigenvalue weighted by Crippen LogP contribution is 2.20. The first-order valence-electron chi connectivity index (χ1n) is 3.27. The summed E-state index contributed by atoms with van der Waals surface area (Å²) < 4.78 is 29.5. The van der Waals surface area contributed by atoms with Crippen LogP contribution in [0.4, 0.5) is 0 Å². The molecule has 1 N–H and O–H groups in total. The third-order valence-electron chi connectivity index (χ3n) is 1.27. The van der Waals surface area contributed by atoms with Gasteiger partial charge < -0.3 is 0 Å². The van der Waals surface area contributed by atoms with Crippen molar-refractivity contribution < 1.29 is 13.0 Å². The Labute approximate surface area is 86.0 Å². The van der Waals surface area contributed by atoms with E-state index in [-0.39, 0.29) is 0 Å². The molecule has 0 amide bonds. The highest BCUT2D eigenvalue weighted by Gasteiger charge is 2.07. The SMILES string of the molecule is O=S(=O)(O)Cc1cc(Cl)cc(Cl)c1. The van der Waals surface area contributed by atoms with E-state index < -0.39 is 15.9 Å². The molecule has 0 saturated carbocycles. The van der Waals surface area contributed by atoms with Crippen molar-refractivity contribution in [1.29, 1.82) is 0 Å². The van der Waals surface area contributed by atoms with E-state index in [1.165, 1.54) is 18.2 Å². The van der Waals surface area contributed by atoms with E-state index >= 15 is 0 Å². The molecule has 0 atom stereocenters. The van der Waals surface area contributed by atoms with E-state index in [1.807, 2.05) is 0 Å². The van der Waals surface area contributed by atoms with E-state index in [4.69, 9.17) is 27.8 Å². The molecule has 0 aliphatic heterocycles. The Balaban J connectivity index is 3.03. The molecular weight excluding hydrogens is 235 g/mol. The Morgan fingerprint density at radius 1 is 1.15 bits per heavy atom. The number of benzene rings is 1.